The molecule has 0 aliphatic heterocycles. The topological polar surface area (TPSA) is 9.23 Å². The fourth-order valence-corrected chi connectivity index (χ4v) is 2.68. The Morgan fingerprint density at radius 2 is 1.24 bits per heavy atom. The van der Waals surface area contributed by atoms with Gasteiger partial charge in [-0.25, -0.2) is 0 Å². The van der Waals surface area contributed by atoms with Gasteiger partial charge in [0.25, 0.3) is 0 Å². The number of ether oxygens (including phenoxy) is 1. The van der Waals surface area contributed by atoms with E-state index in [0.717, 1.165) is 12.5 Å². The van der Waals surface area contributed by atoms with Gasteiger partial charge < -0.3 is 4.74 Å². The first kappa shape index (κ1) is 21.0. The van der Waals surface area contributed by atoms with Crippen LogP contribution in [0, 0.1) is 5.92 Å². The molecule has 0 atom stereocenters. The zero-order valence-electron chi connectivity index (χ0n) is 15.7. The summed E-state index contributed by atoms with van der Waals surface area (Å²) in [5, 5.41) is 0. The molecule has 0 fully saturated rings. The molecular weight excluding hydrogens is 256 g/mol. The van der Waals surface area contributed by atoms with Crippen molar-refractivity contribution in [3.05, 3.63) is 0 Å². The SMILES string of the molecule is CCCCCCCCCCCCC(C)(C)OCCC(C)C. The van der Waals surface area contributed by atoms with Crippen LogP contribution in [0.3, 0.4) is 0 Å². The van der Waals surface area contributed by atoms with Gasteiger partial charge in [0.1, 0.15) is 0 Å². The van der Waals surface area contributed by atoms with E-state index in [1.807, 2.05) is 0 Å². The van der Waals surface area contributed by atoms with Crippen LogP contribution in [-0.4, -0.2) is 12.2 Å². The molecule has 0 amide bonds. The van der Waals surface area contributed by atoms with Gasteiger partial charge in [-0.2, -0.15) is 0 Å². The van der Waals surface area contributed by atoms with E-state index in [-0.39, 0.29) is 5.60 Å². The van der Waals surface area contributed by atoms with Gasteiger partial charge in [0.05, 0.1) is 5.60 Å². The smallest absolute Gasteiger partial charge is 0.0626 e. The monoisotopic (exact) mass is 298 g/mol. The van der Waals surface area contributed by atoms with E-state index >= 15 is 0 Å². The molecule has 0 aromatic carbocycles. The van der Waals surface area contributed by atoms with Crippen LogP contribution in [0.5, 0.6) is 0 Å². The van der Waals surface area contributed by atoms with E-state index in [1.54, 1.807) is 0 Å². The molecule has 0 bridgehead atoms. The van der Waals surface area contributed by atoms with E-state index in [0.29, 0.717) is 0 Å². The summed E-state index contributed by atoms with van der Waals surface area (Å²) in [5.41, 5.74) is 0.0784. The molecule has 0 saturated carbocycles. The lowest BCUT2D eigenvalue weighted by Crippen LogP contribution is -2.25. The minimum absolute atomic E-state index is 0.0784. The van der Waals surface area contributed by atoms with Crippen molar-refractivity contribution < 1.29 is 4.74 Å². The first-order chi connectivity index (χ1) is 9.98. The second kappa shape index (κ2) is 13.6. The van der Waals surface area contributed by atoms with Crippen molar-refractivity contribution in [2.45, 2.75) is 117 Å². The fraction of sp³-hybridized carbons (Fsp3) is 1.00. The maximum atomic E-state index is 6.02. The van der Waals surface area contributed by atoms with Crippen molar-refractivity contribution in [1.29, 1.82) is 0 Å². The molecule has 0 unspecified atom stereocenters. The summed E-state index contributed by atoms with van der Waals surface area (Å²) >= 11 is 0. The average Bonchev–Trinajstić information content (AvgIpc) is 2.40. The van der Waals surface area contributed by atoms with Crippen LogP contribution in [0.2, 0.25) is 0 Å². The van der Waals surface area contributed by atoms with Gasteiger partial charge in [0.15, 0.2) is 0 Å². The summed E-state index contributed by atoms with van der Waals surface area (Å²) in [6.45, 7) is 12.2. The van der Waals surface area contributed by atoms with Crippen molar-refractivity contribution in [2.75, 3.05) is 6.61 Å². The van der Waals surface area contributed by atoms with Gasteiger partial charge in [-0.05, 0) is 32.6 Å². The highest BCUT2D eigenvalue weighted by Crippen LogP contribution is 2.20. The first-order valence-corrected chi connectivity index (χ1v) is 9.62. The Hall–Kier alpha value is -0.0400. The highest BCUT2D eigenvalue weighted by Gasteiger charge is 2.17. The van der Waals surface area contributed by atoms with Crippen LogP contribution in [0.1, 0.15) is 112 Å². The van der Waals surface area contributed by atoms with E-state index < -0.39 is 0 Å². The minimum Gasteiger partial charge on any atom is -0.376 e. The maximum Gasteiger partial charge on any atom is 0.0626 e. The normalized spacial score (nSPS) is 12.3. The summed E-state index contributed by atoms with van der Waals surface area (Å²) in [5.74, 6) is 0.748. The van der Waals surface area contributed by atoms with Crippen LogP contribution in [0.25, 0.3) is 0 Å². The lowest BCUT2D eigenvalue weighted by atomic mass is 9.99. The van der Waals surface area contributed by atoms with Gasteiger partial charge in [0.2, 0.25) is 0 Å². The van der Waals surface area contributed by atoms with Crippen LogP contribution >= 0.6 is 0 Å². The summed E-state index contributed by atoms with van der Waals surface area (Å²) < 4.78 is 6.02. The second-order valence-corrected chi connectivity index (χ2v) is 7.72. The third-order valence-electron chi connectivity index (χ3n) is 4.32. The summed E-state index contributed by atoms with van der Waals surface area (Å²) in [6, 6.07) is 0. The van der Waals surface area contributed by atoms with Gasteiger partial charge in [-0.15, -0.1) is 0 Å². The van der Waals surface area contributed by atoms with Crippen LogP contribution in [0.4, 0.5) is 0 Å². The first-order valence-electron chi connectivity index (χ1n) is 9.62. The Balaban J connectivity index is 3.32. The largest absolute Gasteiger partial charge is 0.376 e. The van der Waals surface area contributed by atoms with Crippen molar-refractivity contribution in [3.8, 4) is 0 Å². The highest BCUT2D eigenvalue weighted by atomic mass is 16.5. The standard InChI is InChI=1S/C20H42O/c1-6-7-8-9-10-11-12-13-14-15-17-20(4,5)21-18-16-19(2)3/h19H,6-18H2,1-5H3. The molecule has 0 heterocycles. The number of unbranched alkanes of at least 4 members (excludes halogenated alkanes) is 9. The molecule has 0 aromatic heterocycles. The quantitative estimate of drug-likeness (QED) is 0.292. The van der Waals surface area contributed by atoms with Gasteiger partial charge in [0, 0.05) is 6.61 Å². The van der Waals surface area contributed by atoms with Gasteiger partial charge in [-0.3, -0.25) is 0 Å². The molecule has 128 valence electrons. The van der Waals surface area contributed by atoms with Gasteiger partial charge in [-0.1, -0.05) is 85.0 Å². The zero-order chi connectivity index (χ0) is 16.0. The van der Waals surface area contributed by atoms with Crippen molar-refractivity contribution >= 4 is 0 Å². The van der Waals surface area contributed by atoms with Gasteiger partial charge >= 0.3 is 0 Å². The van der Waals surface area contributed by atoms with Crippen LogP contribution in [-0.2, 0) is 4.74 Å². The van der Waals surface area contributed by atoms with E-state index in [4.69, 9.17) is 4.74 Å². The van der Waals surface area contributed by atoms with Crippen LogP contribution < -0.4 is 0 Å². The molecule has 0 aromatic rings. The Bertz CT molecular complexity index is 208. The average molecular weight is 299 g/mol. The molecule has 1 nitrogen and oxygen atoms in total. The predicted molar refractivity (Wildman–Crippen MR) is 95.9 cm³/mol. The van der Waals surface area contributed by atoms with E-state index in [2.05, 4.69) is 34.6 Å². The molecule has 1 heteroatoms. The third-order valence-corrected chi connectivity index (χ3v) is 4.32. The third kappa shape index (κ3) is 16.2. The summed E-state index contributed by atoms with van der Waals surface area (Å²) in [6.07, 6.45) is 16.5. The second-order valence-electron chi connectivity index (χ2n) is 7.72. The Labute approximate surface area is 135 Å². The highest BCUT2D eigenvalue weighted by molar-refractivity contribution is 4.68. The predicted octanol–water partition coefficient (Wildman–Crippen LogP) is 7.14. The molecule has 0 N–H and O–H groups in total. The van der Waals surface area contributed by atoms with Crippen molar-refractivity contribution in [1.82, 2.24) is 0 Å². The molecule has 0 aliphatic carbocycles. The zero-order valence-corrected chi connectivity index (χ0v) is 15.7. The lowest BCUT2D eigenvalue weighted by molar-refractivity contribution is -0.0292. The van der Waals surface area contributed by atoms with Crippen molar-refractivity contribution in [2.24, 2.45) is 5.92 Å². The van der Waals surface area contributed by atoms with Crippen LogP contribution in [0.15, 0.2) is 0 Å². The molecule has 0 radical (unpaired) electrons. The molecule has 0 spiro atoms. The maximum absolute atomic E-state index is 6.02. The Kier molecular flexibility index (Phi) is 13.6. The number of hydrogen-bond donors (Lipinski definition) is 0. The summed E-state index contributed by atoms with van der Waals surface area (Å²) in [4.78, 5) is 0. The molecular formula is C20H42O. The fourth-order valence-electron chi connectivity index (χ4n) is 2.68. The lowest BCUT2D eigenvalue weighted by Gasteiger charge is -2.26. The van der Waals surface area contributed by atoms with E-state index in [9.17, 15) is 0 Å². The molecule has 0 saturated heterocycles. The molecule has 0 rings (SSSR count). The van der Waals surface area contributed by atoms with Crippen molar-refractivity contribution in [3.63, 3.8) is 0 Å². The minimum atomic E-state index is 0.0784. The Morgan fingerprint density at radius 1 is 0.762 bits per heavy atom. The molecule has 0 aliphatic rings. The molecule has 21 heavy (non-hydrogen) atoms. The van der Waals surface area contributed by atoms with E-state index in [1.165, 1.54) is 77.0 Å². The Morgan fingerprint density at radius 3 is 1.71 bits per heavy atom. The number of hydrogen-bond acceptors (Lipinski definition) is 1. The number of rotatable bonds is 15. The summed E-state index contributed by atoms with van der Waals surface area (Å²) in [7, 11) is 0.